The monoisotopic (exact) mass is 330 g/mol. The third-order valence-electron chi connectivity index (χ3n) is 3.34. The SMILES string of the molecule is CNC(Cc1ccc(Br)cn1)c1cc2ccccc2o1. The lowest BCUT2D eigenvalue weighted by molar-refractivity contribution is 0.448. The predicted octanol–water partition coefficient (Wildman–Crippen LogP) is 4.09. The van der Waals surface area contributed by atoms with E-state index in [0.717, 1.165) is 33.3 Å². The zero-order chi connectivity index (χ0) is 13.9. The highest BCUT2D eigenvalue weighted by atomic mass is 79.9. The summed E-state index contributed by atoms with van der Waals surface area (Å²) in [5, 5.41) is 4.43. The summed E-state index contributed by atoms with van der Waals surface area (Å²) < 4.78 is 6.91. The number of hydrogen-bond donors (Lipinski definition) is 1. The Morgan fingerprint density at radius 3 is 2.80 bits per heavy atom. The van der Waals surface area contributed by atoms with Gasteiger partial charge in [0.05, 0.1) is 6.04 Å². The van der Waals surface area contributed by atoms with E-state index in [1.807, 2.05) is 43.6 Å². The number of rotatable bonds is 4. The van der Waals surface area contributed by atoms with Crippen LogP contribution in [-0.4, -0.2) is 12.0 Å². The molecule has 2 aromatic heterocycles. The van der Waals surface area contributed by atoms with E-state index in [-0.39, 0.29) is 6.04 Å². The van der Waals surface area contributed by atoms with Crippen LogP contribution in [0.3, 0.4) is 0 Å². The molecule has 0 aliphatic rings. The van der Waals surface area contributed by atoms with Gasteiger partial charge in [0.15, 0.2) is 0 Å². The Labute approximate surface area is 126 Å². The molecule has 1 aromatic carbocycles. The van der Waals surface area contributed by atoms with Crippen molar-refractivity contribution in [1.82, 2.24) is 10.3 Å². The fraction of sp³-hybridized carbons (Fsp3) is 0.188. The van der Waals surface area contributed by atoms with E-state index < -0.39 is 0 Å². The first-order valence-electron chi connectivity index (χ1n) is 6.52. The summed E-state index contributed by atoms with van der Waals surface area (Å²) in [5.41, 5.74) is 1.96. The van der Waals surface area contributed by atoms with Crippen molar-refractivity contribution in [3.63, 3.8) is 0 Å². The van der Waals surface area contributed by atoms with E-state index in [1.54, 1.807) is 0 Å². The Morgan fingerprint density at radius 1 is 1.25 bits per heavy atom. The molecule has 3 rings (SSSR count). The van der Waals surface area contributed by atoms with Crippen LogP contribution in [0.15, 0.2) is 57.6 Å². The molecule has 0 aliphatic carbocycles. The Kier molecular flexibility index (Phi) is 3.85. The van der Waals surface area contributed by atoms with Gasteiger partial charge in [0.2, 0.25) is 0 Å². The number of furan rings is 1. The van der Waals surface area contributed by atoms with Gasteiger partial charge in [0.25, 0.3) is 0 Å². The summed E-state index contributed by atoms with van der Waals surface area (Å²) in [6.45, 7) is 0. The van der Waals surface area contributed by atoms with E-state index in [9.17, 15) is 0 Å². The van der Waals surface area contributed by atoms with Crippen LogP contribution in [0.25, 0.3) is 11.0 Å². The molecule has 0 saturated carbocycles. The van der Waals surface area contributed by atoms with Crippen LogP contribution in [0.1, 0.15) is 17.5 Å². The number of fused-ring (bicyclic) bond motifs is 1. The highest BCUT2D eigenvalue weighted by Gasteiger charge is 2.15. The molecule has 3 nitrogen and oxygen atoms in total. The average Bonchev–Trinajstić information content (AvgIpc) is 2.90. The number of pyridine rings is 1. The highest BCUT2D eigenvalue weighted by molar-refractivity contribution is 9.10. The Balaban J connectivity index is 1.87. The highest BCUT2D eigenvalue weighted by Crippen LogP contribution is 2.25. The van der Waals surface area contributed by atoms with Crippen molar-refractivity contribution in [1.29, 1.82) is 0 Å². The summed E-state index contributed by atoms with van der Waals surface area (Å²) in [5.74, 6) is 0.943. The van der Waals surface area contributed by atoms with Crippen LogP contribution in [0, 0.1) is 0 Å². The van der Waals surface area contributed by atoms with Gasteiger partial charge in [-0.3, -0.25) is 4.98 Å². The van der Waals surface area contributed by atoms with Gasteiger partial charge in [0.1, 0.15) is 11.3 Å². The summed E-state index contributed by atoms with van der Waals surface area (Å²) in [4.78, 5) is 4.42. The summed E-state index contributed by atoms with van der Waals surface area (Å²) in [6.07, 6.45) is 2.62. The Morgan fingerprint density at radius 2 is 2.10 bits per heavy atom. The molecule has 102 valence electrons. The fourth-order valence-corrected chi connectivity index (χ4v) is 2.49. The molecule has 0 amide bonds. The molecule has 0 saturated heterocycles. The number of aromatic nitrogens is 1. The van der Waals surface area contributed by atoms with Crippen LogP contribution >= 0.6 is 15.9 Å². The molecule has 1 unspecified atom stereocenters. The second kappa shape index (κ2) is 5.77. The average molecular weight is 331 g/mol. The molecule has 0 fully saturated rings. The van der Waals surface area contributed by atoms with Crippen molar-refractivity contribution in [2.75, 3.05) is 7.05 Å². The molecule has 1 atom stereocenters. The minimum atomic E-state index is 0.121. The number of halogens is 1. The van der Waals surface area contributed by atoms with Gasteiger partial charge >= 0.3 is 0 Å². The standard InChI is InChI=1S/C16H15BrN2O/c1-18-14(9-13-7-6-12(17)10-19-13)16-8-11-4-2-3-5-15(11)20-16/h2-8,10,14,18H,9H2,1H3. The van der Waals surface area contributed by atoms with E-state index in [0.29, 0.717) is 0 Å². The maximum absolute atomic E-state index is 5.92. The van der Waals surface area contributed by atoms with Crippen molar-refractivity contribution in [3.8, 4) is 0 Å². The lowest BCUT2D eigenvalue weighted by atomic mass is 10.1. The van der Waals surface area contributed by atoms with E-state index in [2.05, 4.69) is 38.4 Å². The molecular weight excluding hydrogens is 316 g/mol. The molecule has 0 spiro atoms. The van der Waals surface area contributed by atoms with Gasteiger partial charge in [-0.05, 0) is 47.2 Å². The number of benzene rings is 1. The lowest BCUT2D eigenvalue weighted by Crippen LogP contribution is -2.18. The molecule has 0 bridgehead atoms. The molecule has 0 radical (unpaired) electrons. The molecule has 4 heteroatoms. The molecular formula is C16H15BrN2O. The third-order valence-corrected chi connectivity index (χ3v) is 3.81. The first-order chi connectivity index (χ1) is 9.76. The van der Waals surface area contributed by atoms with Gasteiger partial charge in [-0.2, -0.15) is 0 Å². The zero-order valence-electron chi connectivity index (χ0n) is 11.1. The zero-order valence-corrected chi connectivity index (χ0v) is 12.7. The second-order valence-corrected chi connectivity index (χ2v) is 5.62. The lowest BCUT2D eigenvalue weighted by Gasteiger charge is -2.12. The number of nitrogens with zero attached hydrogens (tertiary/aromatic N) is 1. The normalized spacial score (nSPS) is 12.7. The maximum Gasteiger partial charge on any atom is 0.134 e. The van der Waals surface area contributed by atoms with Crippen molar-refractivity contribution in [2.24, 2.45) is 0 Å². The van der Waals surface area contributed by atoms with Crippen molar-refractivity contribution >= 4 is 26.9 Å². The third kappa shape index (κ3) is 2.76. The van der Waals surface area contributed by atoms with Crippen molar-refractivity contribution < 1.29 is 4.42 Å². The number of nitrogens with one attached hydrogen (secondary N) is 1. The van der Waals surface area contributed by atoms with Gasteiger partial charge in [-0.1, -0.05) is 18.2 Å². The first kappa shape index (κ1) is 13.3. The second-order valence-electron chi connectivity index (χ2n) is 4.70. The summed E-state index contributed by atoms with van der Waals surface area (Å²) >= 11 is 3.40. The molecule has 2 heterocycles. The smallest absolute Gasteiger partial charge is 0.134 e. The van der Waals surface area contributed by atoms with Crippen molar-refractivity contribution in [2.45, 2.75) is 12.5 Å². The fourth-order valence-electron chi connectivity index (χ4n) is 2.26. The Bertz CT molecular complexity index is 673. The van der Waals surface area contributed by atoms with Crippen LogP contribution in [-0.2, 0) is 6.42 Å². The number of likely N-dealkylation sites (N-methyl/N-ethyl adjacent to an activating group) is 1. The van der Waals surface area contributed by atoms with Crippen LogP contribution in [0.4, 0.5) is 0 Å². The van der Waals surface area contributed by atoms with E-state index in [1.165, 1.54) is 0 Å². The molecule has 1 N–H and O–H groups in total. The van der Waals surface area contributed by atoms with Gasteiger partial charge in [-0.15, -0.1) is 0 Å². The van der Waals surface area contributed by atoms with E-state index >= 15 is 0 Å². The maximum atomic E-state index is 5.92. The molecule has 0 aliphatic heterocycles. The van der Waals surface area contributed by atoms with Gasteiger partial charge in [-0.25, -0.2) is 0 Å². The topological polar surface area (TPSA) is 38.1 Å². The molecule has 20 heavy (non-hydrogen) atoms. The van der Waals surface area contributed by atoms with Gasteiger partial charge < -0.3 is 9.73 Å². The first-order valence-corrected chi connectivity index (χ1v) is 7.32. The number of para-hydroxylation sites is 1. The summed E-state index contributed by atoms with van der Waals surface area (Å²) in [7, 11) is 1.94. The van der Waals surface area contributed by atoms with Crippen LogP contribution in [0.2, 0.25) is 0 Å². The van der Waals surface area contributed by atoms with Crippen LogP contribution in [0.5, 0.6) is 0 Å². The number of hydrogen-bond acceptors (Lipinski definition) is 3. The van der Waals surface area contributed by atoms with Gasteiger partial charge in [0, 0.05) is 28.2 Å². The van der Waals surface area contributed by atoms with Crippen LogP contribution < -0.4 is 5.32 Å². The minimum absolute atomic E-state index is 0.121. The Hall–Kier alpha value is -1.65. The summed E-state index contributed by atoms with van der Waals surface area (Å²) in [6, 6.07) is 14.3. The predicted molar refractivity (Wildman–Crippen MR) is 83.7 cm³/mol. The van der Waals surface area contributed by atoms with E-state index in [4.69, 9.17) is 4.42 Å². The minimum Gasteiger partial charge on any atom is -0.459 e. The quantitative estimate of drug-likeness (QED) is 0.782. The molecule has 3 aromatic rings. The van der Waals surface area contributed by atoms with Crippen molar-refractivity contribution in [3.05, 3.63) is 64.6 Å². The largest absolute Gasteiger partial charge is 0.459 e.